The van der Waals surface area contributed by atoms with Crippen LogP contribution in [0.4, 0.5) is 0 Å². The molecular weight excluding hydrogens is 252 g/mol. The number of rotatable bonds is 3. The molecule has 102 valence electrons. The summed E-state index contributed by atoms with van der Waals surface area (Å²) < 4.78 is 1.70. The highest BCUT2D eigenvalue weighted by molar-refractivity contribution is 5.96. The van der Waals surface area contributed by atoms with E-state index >= 15 is 0 Å². The van der Waals surface area contributed by atoms with Crippen LogP contribution in [0.2, 0.25) is 0 Å². The van der Waals surface area contributed by atoms with Gasteiger partial charge in [0.25, 0.3) is 5.91 Å². The minimum Gasteiger partial charge on any atom is -0.348 e. The Morgan fingerprint density at radius 2 is 2.00 bits per heavy atom. The maximum atomic E-state index is 12.2. The second-order valence-electron chi connectivity index (χ2n) is 4.66. The van der Waals surface area contributed by atoms with Gasteiger partial charge >= 0.3 is 0 Å². The summed E-state index contributed by atoms with van der Waals surface area (Å²) in [7, 11) is 1.82. The van der Waals surface area contributed by atoms with Crippen LogP contribution in [0.3, 0.4) is 0 Å². The topological polar surface area (TPSA) is 70.7 Å². The molecule has 1 N–H and O–H groups in total. The van der Waals surface area contributed by atoms with Gasteiger partial charge in [-0.05, 0) is 31.5 Å². The lowest BCUT2D eigenvalue weighted by atomic mass is 10.1. The number of benzene rings is 1. The fraction of sp³-hybridized carbons (Fsp3) is 0.267. The first-order valence-corrected chi connectivity index (χ1v) is 6.30. The Labute approximate surface area is 117 Å². The molecule has 0 fully saturated rings. The van der Waals surface area contributed by atoms with Crippen LogP contribution in [-0.4, -0.2) is 15.7 Å². The van der Waals surface area contributed by atoms with Crippen molar-refractivity contribution in [3.05, 3.63) is 52.3 Å². The predicted octanol–water partition coefficient (Wildman–Crippen LogP) is 1.84. The Kier molecular flexibility index (Phi) is 3.85. The average Bonchev–Trinajstić information content (AvgIpc) is 2.70. The van der Waals surface area contributed by atoms with Gasteiger partial charge in [0.05, 0.1) is 22.9 Å². The van der Waals surface area contributed by atoms with Gasteiger partial charge in [0.2, 0.25) is 0 Å². The average molecular weight is 268 g/mol. The summed E-state index contributed by atoms with van der Waals surface area (Å²) in [5.41, 5.74) is 3.76. The number of carbonyl (C=O) groups is 1. The molecule has 0 saturated carbocycles. The standard InChI is InChI=1S/C15H16N4O/c1-10-14(11(2)19(3)18-10)15(20)17-9-13-6-4-12(8-16)5-7-13/h4-7H,9H2,1-3H3,(H,17,20). The van der Waals surface area contributed by atoms with Crippen LogP contribution in [0.15, 0.2) is 24.3 Å². The molecule has 5 heteroatoms. The molecule has 0 atom stereocenters. The fourth-order valence-electron chi connectivity index (χ4n) is 2.07. The molecule has 0 aliphatic heterocycles. The highest BCUT2D eigenvalue weighted by atomic mass is 16.1. The van der Waals surface area contributed by atoms with E-state index in [1.54, 1.807) is 16.8 Å². The summed E-state index contributed by atoms with van der Waals surface area (Å²) in [6.45, 7) is 4.12. The van der Waals surface area contributed by atoms with Crippen LogP contribution in [0, 0.1) is 25.2 Å². The normalized spacial score (nSPS) is 10.1. The molecule has 1 amide bonds. The molecule has 1 aromatic carbocycles. The molecule has 2 aromatic rings. The number of aryl methyl sites for hydroxylation is 2. The van der Waals surface area contributed by atoms with Crippen LogP contribution < -0.4 is 5.32 Å². The second kappa shape index (κ2) is 5.57. The molecule has 1 aromatic heterocycles. The first-order valence-electron chi connectivity index (χ1n) is 6.30. The lowest BCUT2D eigenvalue weighted by Crippen LogP contribution is -2.24. The van der Waals surface area contributed by atoms with E-state index in [-0.39, 0.29) is 5.91 Å². The Bertz CT molecular complexity index is 677. The predicted molar refractivity (Wildman–Crippen MR) is 75.0 cm³/mol. The van der Waals surface area contributed by atoms with Crippen molar-refractivity contribution in [2.45, 2.75) is 20.4 Å². The van der Waals surface area contributed by atoms with Gasteiger partial charge in [-0.3, -0.25) is 9.48 Å². The molecule has 0 saturated heterocycles. The van der Waals surface area contributed by atoms with Crippen LogP contribution in [0.25, 0.3) is 0 Å². The molecule has 5 nitrogen and oxygen atoms in total. The van der Waals surface area contributed by atoms with Crippen molar-refractivity contribution in [1.29, 1.82) is 5.26 Å². The molecule has 0 bridgehead atoms. The quantitative estimate of drug-likeness (QED) is 0.923. The minimum absolute atomic E-state index is 0.127. The third-order valence-electron chi connectivity index (χ3n) is 3.27. The Hall–Kier alpha value is -2.61. The smallest absolute Gasteiger partial charge is 0.255 e. The molecule has 0 aliphatic rings. The zero-order chi connectivity index (χ0) is 14.7. The number of aromatic nitrogens is 2. The van der Waals surface area contributed by atoms with Gasteiger partial charge in [-0.15, -0.1) is 0 Å². The summed E-state index contributed by atoms with van der Waals surface area (Å²) in [5, 5.41) is 15.8. The third kappa shape index (κ3) is 2.69. The number of nitrogens with zero attached hydrogens (tertiary/aromatic N) is 3. The van der Waals surface area contributed by atoms with E-state index in [4.69, 9.17) is 5.26 Å². The van der Waals surface area contributed by atoms with Gasteiger partial charge in [0.15, 0.2) is 0 Å². The van der Waals surface area contributed by atoms with Gasteiger partial charge < -0.3 is 5.32 Å². The van der Waals surface area contributed by atoms with E-state index in [0.29, 0.717) is 17.7 Å². The number of nitriles is 1. The van der Waals surface area contributed by atoms with Crippen molar-refractivity contribution in [3.8, 4) is 6.07 Å². The Balaban J connectivity index is 2.07. The maximum Gasteiger partial charge on any atom is 0.255 e. The van der Waals surface area contributed by atoms with Gasteiger partial charge in [0.1, 0.15) is 0 Å². The summed E-state index contributed by atoms with van der Waals surface area (Å²) in [5.74, 6) is -0.127. The number of carbonyl (C=O) groups excluding carboxylic acids is 1. The molecular formula is C15H16N4O. The van der Waals surface area contributed by atoms with Crippen LogP contribution >= 0.6 is 0 Å². The van der Waals surface area contributed by atoms with E-state index in [1.807, 2.05) is 33.0 Å². The van der Waals surface area contributed by atoms with Gasteiger partial charge in [-0.2, -0.15) is 10.4 Å². The Morgan fingerprint density at radius 1 is 1.35 bits per heavy atom. The van der Waals surface area contributed by atoms with Crippen LogP contribution in [0.5, 0.6) is 0 Å². The molecule has 0 spiro atoms. The van der Waals surface area contributed by atoms with E-state index < -0.39 is 0 Å². The zero-order valence-corrected chi connectivity index (χ0v) is 11.8. The molecule has 0 unspecified atom stereocenters. The largest absolute Gasteiger partial charge is 0.348 e. The van der Waals surface area contributed by atoms with Gasteiger partial charge in [-0.25, -0.2) is 0 Å². The molecule has 20 heavy (non-hydrogen) atoms. The SMILES string of the molecule is Cc1nn(C)c(C)c1C(=O)NCc1ccc(C#N)cc1. The fourth-order valence-corrected chi connectivity index (χ4v) is 2.07. The van der Waals surface area contributed by atoms with E-state index in [9.17, 15) is 4.79 Å². The van der Waals surface area contributed by atoms with Gasteiger partial charge in [0, 0.05) is 19.3 Å². The number of hydrogen-bond donors (Lipinski definition) is 1. The van der Waals surface area contributed by atoms with Crippen molar-refractivity contribution in [2.75, 3.05) is 0 Å². The lowest BCUT2D eigenvalue weighted by molar-refractivity contribution is 0.0949. The lowest BCUT2D eigenvalue weighted by Gasteiger charge is -2.06. The molecule has 1 heterocycles. The van der Waals surface area contributed by atoms with Crippen LogP contribution in [0.1, 0.15) is 32.9 Å². The van der Waals surface area contributed by atoms with E-state index in [2.05, 4.69) is 16.5 Å². The first-order chi connectivity index (χ1) is 9.52. The van der Waals surface area contributed by atoms with Crippen molar-refractivity contribution in [3.63, 3.8) is 0 Å². The van der Waals surface area contributed by atoms with Crippen molar-refractivity contribution in [2.24, 2.45) is 7.05 Å². The van der Waals surface area contributed by atoms with Crippen LogP contribution in [-0.2, 0) is 13.6 Å². The molecule has 0 aliphatic carbocycles. The minimum atomic E-state index is -0.127. The number of amides is 1. The summed E-state index contributed by atoms with van der Waals surface area (Å²) in [6, 6.07) is 9.21. The summed E-state index contributed by atoms with van der Waals surface area (Å²) >= 11 is 0. The van der Waals surface area contributed by atoms with Crippen molar-refractivity contribution in [1.82, 2.24) is 15.1 Å². The Morgan fingerprint density at radius 3 is 2.50 bits per heavy atom. The number of hydrogen-bond acceptors (Lipinski definition) is 3. The van der Waals surface area contributed by atoms with E-state index in [0.717, 1.165) is 17.0 Å². The summed E-state index contributed by atoms with van der Waals surface area (Å²) in [4.78, 5) is 12.2. The summed E-state index contributed by atoms with van der Waals surface area (Å²) in [6.07, 6.45) is 0. The molecule has 0 radical (unpaired) electrons. The second-order valence-corrected chi connectivity index (χ2v) is 4.66. The van der Waals surface area contributed by atoms with Gasteiger partial charge in [-0.1, -0.05) is 12.1 Å². The monoisotopic (exact) mass is 268 g/mol. The first kappa shape index (κ1) is 13.8. The third-order valence-corrected chi connectivity index (χ3v) is 3.27. The highest BCUT2D eigenvalue weighted by Gasteiger charge is 2.16. The van der Waals surface area contributed by atoms with Crippen molar-refractivity contribution < 1.29 is 4.79 Å². The zero-order valence-electron chi connectivity index (χ0n) is 11.8. The van der Waals surface area contributed by atoms with Crippen molar-refractivity contribution >= 4 is 5.91 Å². The number of nitrogens with one attached hydrogen (secondary N) is 1. The molecule has 2 rings (SSSR count). The van der Waals surface area contributed by atoms with E-state index in [1.165, 1.54) is 0 Å². The maximum absolute atomic E-state index is 12.2. The highest BCUT2D eigenvalue weighted by Crippen LogP contribution is 2.12.